The first-order valence-corrected chi connectivity index (χ1v) is 10.3. The van der Waals surface area contributed by atoms with Crippen molar-refractivity contribution in [3.05, 3.63) is 17.2 Å². The second-order valence-corrected chi connectivity index (χ2v) is 9.00. The lowest BCUT2D eigenvalue weighted by atomic mass is 9.80. The van der Waals surface area contributed by atoms with Gasteiger partial charge in [-0.1, -0.05) is 6.92 Å². The van der Waals surface area contributed by atoms with Gasteiger partial charge in [-0.15, -0.1) is 0 Å². The Bertz CT molecular complexity index is 916. The summed E-state index contributed by atoms with van der Waals surface area (Å²) in [7, 11) is 0. The number of rotatable bonds is 5. The minimum absolute atomic E-state index is 0.0339. The van der Waals surface area contributed by atoms with Crippen LogP contribution in [-0.4, -0.2) is 41.7 Å². The largest absolute Gasteiger partial charge is 0.481 e. The highest BCUT2D eigenvalue weighted by Gasteiger charge is 2.64. The molecule has 3 heterocycles. The number of hydrogen-bond donors (Lipinski definition) is 1. The highest BCUT2D eigenvalue weighted by molar-refractivity contribution is 5.75. The molecule has 2 aliphatic heterocycles. The Balaban J connectivity index is 1.65. The third-order valence-corrected chi connectivity index (χ3v) is 7.47. The first kappa shape index (κ1) is 20.8. The van der Waals surface area contributed by atoms with Gasteiger partial charge in [-0.05, 0) is 50.5 Å². The van der Waals surface area contributed by atoms with Crippen molar-refractivity contribution < 1.29 is 23.1 Å². The predicted octanol–water partition coefficient (Wildman–Crippen LogP) is 3.75. The van der Waals surface area contributed by atoms with Crippen molar-refractivity contribution in [2.24, 2.45) is 23.2 Å². The molecule has 4 rings (SSSR count). The summed E-state index contributed by atoms with van der Waals surface area (Å²) in [5.74, 6) is -0.182. The smallest absolute Gasteiger partial charge is 0.417 e. The number of anilines is 2. The second kappa shape index (κ2) is 6.76. The minimum atomic E-state index is -4.65. The van der Waals surface area contributed by atoms with Crippen molar-refractivity contribution in [3.8, 4) is 6.07 Å². The fraction of sp³-hybridized carbons (Fsp3) is 0.667. The third-order valence-electron chi connectivity index (χ3n) is 7.47. The number of alkyl halides is 3. The average Bonchev–Trinajstić information content (AvgIpc) is 3.19. The summed E-state index contributed by atoms with van der Waals surface area (Å²) in [6, 6.07) is 2.73. The van der Waals surface area contributed by atoms with E-state index in [0.717, 1.165) is 12.5 Å². The van der Waals surface area contributed by atoms with E-state index in [1.165, 1.54) is 0 Å². The number of carboxylic acids is 1. The molecule has 1 saturated carbocycles. The fourth-order valence-electron chi connectivity index (χ4n) is 5.24. The maximum atomic E-state index is 13.7. The van der Waals surface area contributed by atoms with Gasteiger partial charge in [0.25, 0.3) is 0 Å². The number of nitrogens with zero attached hydrogens (tertiary/aromatic N) is 4. The number of fused-ring (bicyclic) bond motifs is 1. The van der Waals surface area contributed by atoms with Gasteiger partial charge in [-0.25, -0.2) is 4.98 Å². The van der Waals surface area contributed by atoms with Crippen molar-refractivity contribution in [3.63, 3.8) is 0 Å². The molecule has 1 N–H and O–H groups in total. The van der Waals surface area contributed by atoms with E-state index in [-0.39, 0.29) is 35.4 Å². The third kappa shape index (κ3) is 2.99. The van der Waals surface area contributed by atoms with Crippen LogP contribution in [0.4, 0.5) is 24.8 Å². The summed E-state index contributed by atoms with van der Waals surface area (Å²) in [4.78, 5) is 19.8. The van der Waals surface area contributed by atoms with Gasteiger partial charge in [0.05, 0.1) is 11.0 Å². The Morgan fingerprint density at radius 3 is 2.40 bits per heavy atom. The van der Waals surface area contributed by atoms with E-state index in [2.05, 4.69) is 4.98 Å². The average molecular weight is 422 g/mol. The minimum Gasteiger partial charge on any atom is -0.481 e. The molecule has 162 valence electrons. The monoisotopic (exact) mass is 422 g/mol. The summed E-state index contributed by atoms with van der Waals surface area (Å²) >= 11 is 0. The van der Waals surface area contributed by atoms with Gasteiger partial charge in [0.15, 0.2) is 0 Å². The lowest BCUT2D eigenvalue weighted by Gasteiger charge is -2.41. The molecule has 1 aromatic heterocycles. The molecule has 3 aliphatic rings. The normalized spacial score (nSPS) is 29.6. The first-order chi connectivity index (χ1) is 14.0. The molecule has 1 aromatic rings. The zero-order chi connectivity index (χ0) is 22.0. The van der Waals surface area contributed by atoms with Crippen molar-refractivity contribution in [1.82, 2.24) is 4.98 Å². The van der Waals surface area contributed by atoms with E-state index in [4.69, 9.17) is 0 Å². The Morgan fingerprint density at radius 1 is 1.37 bits per heavy atom. The van der Waals surface area contributed by atoms with E-state index < -0.39 is 28.7 Å². The summed E-state index contributed by atoms with van der Waals surface area (Å²) in [6.45, 7) is 7.07. The number of nitriles is 1. The number of aliphatic carboxylic acids is 1. The van der Waals surface area contributed by atoms with Crippen LogP contribution >= 0.6 is 0 Å². The molecule has 30 heavy (non-hydrogen) atoms. The molecule has 5 atom stereocenters. The van der Waals surface area contributed by atoms with Gasteiger partial charge in [0.2, 0.25) is 0 Å². The highest BCUT2D eigenvalue weighted by atomic mass is 19.4. The van der Waals surface area contributed by atoms with Crippen LogP contribution in [0.15, 0.2) is 6.07 Å². The van der Waals surface area contributed by atoms with E-state index in [9.17, 15) is 28.3 Å². The van der Waals surface area contributed by atoms with Crippen molar-refractivity contribution in [2.45, 2.75) is 45.8 Å². The van der Waals surface area contributed by atoms with Gasteiger partial charge in [0, 0.05) is 25.7 Å². The molecular weight excluding hydrogens is 397 g/mol. The molecule has 6 nitrogen and oxygen atoms in total. The molecule has 9 heteroatoms. The van der Waals surface area contributed by atoms with Crippen LogP contribution in [-0.2, 0) is 11.0 Å². The lowest BCUT2D eigenvalue weighted by molar-refractivity contribution is -0.150. The number of piperidine rings is 1. The van der Waals surface area contributed by atoms with Gasteiger partial charge < -0.3 is 14.9 Å². The maximum Gasteiger partial charge on any atom is 0.417 e. The number of aromatic nitrogens is 1. The van der Waals surface area contributed by atoms with Crippen LogP contribution in [0.25, 0.3) is 0 Å². The van der Waals surface area contributed by atoms with Crippen molar-refractivity contribution in [1.29, 1.82) is 5.26 Å². The molecule has 0 aromatic carbocycles. The van der Waals surface area contributed by atoms with Gasteiger partial charge in [0.1, 0.15) is 23.3 Å². The van der Waals surface area contributed by atoms with Crippen LogP contribution in [0.2, 0.25) is 0 Å². The van der Waals surface area contributed by atoms with E-state index in [0.29, 0.717) is 26.1 Å². The summed E-state index contributed by atoms with van der Waals surface area (Å²) in [6.07, 6.45) is -3.29. The Kier molecular flexibility index (Phi) is 4.68. The molecule has 0 amide bonds. The summed E-state index contributed by atoms with van der Waals surface area (Å²) in [5, 5.41) is 19.1. The number of carboxylic acid groups (broad SMARTS) is 1. The standard InChI is InChI=1S/C21H25F3N4O2/c1-4-20(3,19(29)30)17-13-9-27(10-14(13)17)16-7-15(21(22,23)24)12(8-25)18(26-16)28-6-5-11(28)2/h7,11,13-14,17H,4-6,9-10H2,1-3H3,(H,29,30)/t11?,13-,14+,17?,20?. The number of hydrogen-bond acceptors (Lipinski definition) is 5. The van der Waals surface area contributed by atoms with Crippen LogP contribution in [0.5, 0.6) is 0 Å². The lowest BCUT2D eigenvalue weighted by Crippen LogP contribution is -2.47. The van der Waals surface area contributed by atoms with Crippen molar-refractivity contribution in [2.75, 3.05) is 29.4 Å². The molecule has 0 spiro atoms. The van der Waals surface area contributed by atoms with E-state index >= 15 is 0 Å². The number of pyridine rings is 1. The fourth-order valence-corrected chi connectivity index (χ4v) is 5.24. The number of halogens is 3. The second-order valence-electron chi connectivity index (χ2n) is 9.00. The van der Waals surface area contributed by atoms with Crippen molar-refractivity contribution >= 4 is 17.6 Å². The van der Waals surface area contributed by atoms with E-state index in [1.54, 1.807) is 17.9 Å². The molecule has 0 radical (unpaired) electrons. The topological polar surface area (TPSA) is 80.5 Å². The predicted molar refractivity (Wildman–Crippen MR) is 104 cm³/mol. The highest BCUT2D eigenvalue weighted by Crippen LogP contribution is 2.61. The molecular formula is C21H25F3N4O2. The Labute approximate surface area is 173 Å². The maximum absolute atomic E-state index is 13.7. The number of carbonyl (C=O) groups is 1. The summed E-state index contributed by atoms with van der Waals surface area (Å²) < 4.78 is 41.2. The quantitative estimate of drug-likeness (QED) is 0.778. The molecule has 3 fully saturated rings. The van der Waals surface area contributed by atoms with Crippen LogP contribution < -0.4 is 9.80 Å². The first-order valence-electron chi connectivity index (χ1n) is 10.3. The molecule has 3 unspecified atom stereocenters. The van der Waals surface area contributed by atoms with Crippen LogP contribution in [0, 0.1) is 34.5 Å². The summed E-state index contributed by atoms with van der Waals surface area (Å²) in [5.41, 5.74) is -2.19. The Hall–Kier alpha value is -2.50. The molecule has 1 aliphatic carbocycles. The van der Waals surface area contributed by atoms with Gasteiger partial charge >= 0.3 is 12.1 Å². The van der Waals surface area contributed by atoms with Gasteiger partial charge in [-0.2, -0.15) is 18.4 Å². The Morgan fingerprint density at radius 2 is 2.00 bits per heavy atom. The molecule has 0 bridgehead atoms. The zero-order valence-corrected chi connectivity index (χ0v) is 17.2. The van der Waals surface area contributed by atoms with E-state index in [1.807, 2.05) is 18.7 Å². The zero-order valence-electron chi connectivity index (χ0n) is 17.2. The van der Waals surface area contributed by atoms with Gasteiger partial charge in [-0.3, -0.25) is 4.79 Å². The molecule has 2 saturated heterocycles. The van der Waals surface area contributed by atoms with Crippen LogP contribution in [0.1, 0.15) is 44.7 Å². The SMILES string of the molecule is CCC(C)(C(=O)O)C1[C@H]2CN(c3cc(C(F)(F)F)c(C#N)c(N4CCC4C)n3)C[C@@H]12. The van der Waals surface area contributed by atoms with Crippen LogP contribution in [0.3, 0.4) is 0 Å².